The summed E-state index contributed by atoms with van der Waals surface area (Å²) in [7, 11) is 1.87. The molecule has 7 heteroatoms. The third-order valence-electron chi connectivity index (χ3n) is 3.44. The molecule has 0 radical (unpaired) electrons. The van der Waals surface area contributed by atoms with Gasteiger partial charge in [-0.25, -0.2) is 13.8 Å². The highest BCUT2D eigenvalue weighted by Gasteiger charge is 2.53. The lowest BCUT2D eigenvalue weighted by Gasteiger charge is -2.23. The molecule has 0 unspecified atom stereocenters. The fourth-order valence-corrected chi connectivity index (χ4v) is 1.61. The molecule has 0 aliphatic carbocycles. The molecule has 0 fully saturated rings. The van der Waals surface area contributed by atoms with Crippen LogP contribution in [0.1, 0.15) is 25.0 Å². The largest absolute Gasteiger partial charge is 0.487 e. The zero-order valence-corrected chi connectivity index (χ0v) is 14.0. The van der Waals surface area contributed by atoms with Crippen LogP contribution in [0.3, 0.4) is 0 Å². The Hall–Kier alpha value is -1.79. The van der Waals surface area contributed by atoms with Gasteiger partial charge in [-0.2, -0.15) is 8.78 Å². The summed E-state index contributed by atoms with van der Waals surface area (Å²) in [6.45, 7) is 4.97. The summed E-state index contributed by atoms with van der Waals surface area (Å²) in [5.41, 5.74) is 1.93. The quantitative estimate of drug-likeness (QED) is 0.414. The van der Waals surface area contributed by atoms with Crippen LogP contribution in [0.4, 0.5) is 23.2 Å². The van der Waals surface area contributed by atoms with Gasteiger partial charge in [-0.05, 0) is 44.0 Å². The second-order valence-corrected chi connectivity index (χ2v) is 5.60. The summed E-state index contributed by atoms with van der Waals surface area (Å²) in [6.07, 6.45) is 1.66. The number of ether oxygens (including phenoxy) is 1. The van der Waals surface area contributed by atoms with Crippen molar-refractivity contribution in [3.63, 3.8) is 0 Å². The van der Waals surface area contributed by atoms with Gasteiger partial charge in [0.1, 0.15) is 5.75 Å². The van der Waals surface area contributed by atoms with E-state index in [1.165, 1.54) is 6.07 Å². The Morgan fingerprint density at radius 2 is 1.78 bits per heavy atom. The summed E-state index contributed by atoms with van der Waals surface area (Å²) in [5.74, 6) is -8.21. The van der Waals surface area contributed by atoms with Crippen molar-refractivity contribution in [2.45, 2.75) is 39.5 Å². The lowest BCUT2D eigenvalue weighted by atomic mass is 10.1. The second-order valence-electron chi connectivity index (χ2n) is 5.60. The lowest BCUT2D eigenvalue weighted by Crippen LogP contribution is -2.42. The van der Waals surface area contributed by atoms with Gasteiger partial charge in [0.2, 0.25) is 0 Å². The molecule has 0 amide bonds. The predicted molar refractivity (Wildman–Crippen MR) is 83.4 cm³/mol. The molecule has 1 aromatic rings. The topological polar surface area (TPSA) is 24.8 Å². The molecule has 0 aromatic heterocycles. The average Bonchev–Trinajstić information content (AvgIpc) is 2.44. The monoisotopic (exact) mass is 334 g/mol. The van der Waals surface area contributed by atoms with E-state index in [4.69, 9.17) is 4.74 Å². The molecular weight excluding hydrogens is 312 g/mol. The van der Waals surface area contributed by atoms with Crippen LogP contribution in [0, 0.1) is 13.8 Å². The van der Waals surface area contributed by atoms with E-state index >= 15 is 0 Å². The molecule has 0 aliphatic rings. The van der Waals surface area contributed by atoms with E-state index in [0.717, 1.165) is 6.54 Å². The van der Waals surface area contributed by atoms with Crippen molar-refractivity contribution in [2.75, 3.05) is 20.2 Å². The van der Waals surface area contributed by atoms with Gasteiger partial charge in [0.15, 0.2) is 6.61 Å². The highest BCUT2D eigenvalue weighted by atomic mass is 19.3. The summed E-state index contributed by atoms with van der Waals surface area (Å²) in [6, 6.07) is 3.20. The van der Waals surface area contributed by atoms with Crippen molar-refractivity contribution in [1.29, 1.82) is 0 Å². The van der Waals surface area contributed by atoms with Gasteiger partial charge in [-0.3, -0.25) is 0 Å². The molecule has 23 heavy (non-hydrogen) atoms. The number of aliphatic imine (C=N–C) groups is 1. The molecule has 1 rings (SSSR count). The highest BCUT2D eigenvalue weighted by molar-refractivity contribution is 5.64. The van der Waals surface area contributed by atoms with E-state index in [1.54, 1.807) is 26.3 Å². The number of alkyl halides is 4. The fraction of sp³-hybridized carbons (Fsp3) is 0.562. The number of benzene rings is 1. The predicted octanol–water partition coefficient (Wildman–Crippen LogP) is 4.58. The minimum Gasteiger partial charge on any atom is -0.487 e. The number of halogens is 4. The SMILES string of the molecule is CCN(C)/C=N/c1cc(C)c(OCC(F)(F)C(C)(F)F)cc1C. The summed E-state index contributed by atoms with van der Waals surface area (Å²) >= 11 is 0. The Balaban J connectivity index is 2.91. The number of hydrogen-bond acceptors (Lipinski definition) is 2. The van der Waals surface area contributed by atoms with Crippen molar-refractivity contribution in [1.82, 2.24) is 4.90 Å². The highest BCUT2D eigenvalue weighted by Crippen LogP contribution is 2.35. The van der Waals surface area contributed by atoms with Gasteiger partial charge in [0, 0.05) is 20.5 Å². The maximum atomic E-state index is 13.3. The summed E-state index contributed by atoms with van der Waals surface area (Å²) < 4.78 is 57.1. The van der Waals surface area contributed by atoms with Crippen LogP contribution in [0.15, 0.2) is 17.1 Å². The van der Waals surface area contributed by atoms with Gasteiger partial charge in [0.05, 0.1) is 12.0 Å². The van der Waals surface area contributed by atoms with Crippen molar-refractivity contribution in [2.24, 2.45) is 4.99 Å². The Morgan fingerprint density at radius 1 is 1.17 bits per heavy atom. The van der Waals surface area contributed by atoms with Gasteiger partial charge >= 0.3 is 11.8 Å². The van der Waals surface area contributed by atoms with Crippen molar-refractivity contribution in [3.05, 3.63) is 23.3 Å². The molecule has 0 spiro atoms. The van der Waals surface area contributed by atoms with Crippen LogP contribution < -0.4 is 4.74 Å². The van der Waals surface area contributed by atoms with Gasteiger partial charge in [-0.1, -0.05) is 0 Å². The zero-order chi connectivity index (χ0) is 17.8. The molecule has 3 nitrogen and oxygen atoms in total. The Kier molecular flexibility index (Phi) is 6.02. The minimum atomic E-state index is -4.23. The van der Waals surface area contributed by atoms with Crippen LogP contribution in [0.2, 0.25) is 0 Å². The lowest BCUT2D eigenvalue weighted by molar-refractivity contribution is -0.211. The first kappa shape index (κ1) is 19.3. The summed E-state index contributed by atoms with van der Waals surface area (Å²) in [5, 5.41) is 0. The molecule has 0 N–H and O–H groups in total. The first-order valence-corrected chi connectivity index (χ1v) is 7.22. The molecule has 0 bridgehead atoms. The van der Waals surface area contributed by atoms with E-state index in [-0.39, 0.29) is 12.7 Å². The number of nitrogens with zero attached hydrogens (tertiary/aromatic N) is 2. The van der Waals surface area contributed by atoms with Crippen LogP contribution in [0.5, 0.6) is 5.75 Å². The molecule has 0 saturated heterocycles. The number of aryl methyl sites for hydroxylation is 2. The van der Waals surface area contributed by atoms with Crippen LogP contribution in [-0.4, -0.2) is 43.3 Å². The van der Waals surface area contributed by atoms with Gasteiger partial charge in [0.25, 0.3) is 0 Å². The molecule has 0 heterocycles. The smallest absolute Gasteiger partial charge is 0.342 e. The second kappa shape index (κ2) is 7.19. The Bertz CT molecular complexity index is 568. The van der Waals surface area contributed by atoms with E-state index in [2.05, 4.69) is 4.99 Å². The molecule has 0 aliphatic heterocycles. The standard InChI is InChI=1S/C16H22F4N2O/c1-6-22(5)10-21-13-7-12(3)14(8-11(13)2)23-9-16(19,20)15(4,17)18/h7-8,10H,6,9H2,1-5H3/b21-10+. The fourth-order valence-electron chi connectivity index (χ4n) is 1.61. The minimum absolute atomic E-state index is 0.147. The van der Waals surface area contributed by atoms with Crippen LogP contribution in [0.25, 0.3) is 0 Å². The molecule has 130 valence electrons. The van der Waals surface area contributed by atoms with Gasteiger partial charge in [-0.15, -0.1) is 0 Å². The van der Waals surface area contributed by atoms with Crippen molar-refractivity contribution in [3.8, 4) is 5.75 Å². The Morgan fingerprint density at radius 3 is 2.30 bits per heavy atom. The van der Waals surface area contributed by atoms with E-state index < -0.39 is 18.5 Å². The molecule has 0 saturated carbocycles. The van der Waals surface area contributed by atoms with Crippen LogP contribution >= 0.6 is 0 Å². The average molecular weight is 334 g/mol. The van der Waals surface area contributed by atoms with Crippen molar-refractivity contribution >= 4 is 12.0 Å². The maximum absolute atomic E-state index is 13.3. The van der Waals surface area contributed by atoms with Crippen molar-refractivity contribution < 1.29 is 22.3 Å². The first-order chi connectivity index (χ1) is 10.5. The molecular formula is C16H22F4N2O. The first-order valence-electron chi connectivity index (χ1n) is 7.22. The van der Waals surface area contributed by atoms with E-state index in [0.29, 0.717) is 16.8 Å². The summed E-state index contributed by atoms with van der Waals surface area (Å²) in [4.78, 5) is 6.18. The number of hydrogen-bond donors (Lipinski definition) is 0. The normalized spacial score (nSPS) is 12.7. The third-order valence-corrected chi connectivity index (χ3v) is 3.44. The van der Waals surface area contributed by atoms with E-state index in [1.807, 2.05) is 18.9 Å². The Labute approximate surface area is 134 Å². The maximum Gasteiger partial charge on any atom is 0.342 e. The number of rotatable bonds is 7. The van der Waals surface area contributed by atoms with Gasteiger partial charge < -0.3 is 9.64 Å². The van der Waals surface area contributed by atoms with Crippen LogP contribution in [-0.2, 0) is 0 Å². The molecule has 1 aromatic carbocycles. The zero-order valence-electron chi connectivity index (χ0n) is 14.0. The van der Waals surface area contributed by atoms with E-state index in [9.17, 15) is 17.6 Å². The third kappa shape index (κ3) is 5.11. The molecule has 0 atom stereocenters.